The van der Waals surface area contributed by atoms with E-state index in [-0.39, 0.29) is 49.5 Å². The van der Waals surface area contributed by atoms with E-state index in [1.54, 1.807) is 10.5 Å². The topological polar surface area (TPSA) is 78.5 Å². The molecule has 0 saturated carbocycles. The molecule has 0 amide bonds. The van der Waals surface area contributed by atoms with Crippen molar-refractivity contribution in [3.63, 3.8) is 0 Å². The van der Waals surface area contributed by atoms with Crippen LogP contribution in [0.25, 0.3) is 0 Å². The first-order valence-corrected chi connectivity index (χ1v) is 15.3. The summed E-state index contributed by atoms with van der Waals surface area (Å²) in [7, 11) is 0. The second kappa shape index (κ2) is 11.6. The number of halogens is 3. The standard InChI is InChI=1S/C9H20N3.3C2H3O.2CH3.3ClH.Ti/c1-4-10-6-2-8-12-9-3-7-11-5-1;3*1-2-3;;;;;;/h10-11H,1-9H2;3*1H3;2*1H3;3*1H;/q-1;;;;;;;;;+1. The van der Waals surface area contributed by atoms with E-state index in [0.29, 0.717) is 13.1 Å². The summed E-state index contributed by atoms with van der Waals surface area (Å²) in [5.41, 5.74) is 0. The Morgan fingerprint density at radius 2 is 0.963 bits per heavy atom. The minimum Gasteiger partial charge on any atom is -0.147 e. The van der Waals surface area contributed by atoms with E-state index in [0.717, 1.165) is 45.4 Å². The van der Waals surface area contributed by atoms with E-state index in [9.17, 15) is 14.4 Å². The van der Waals surface area contributed by atoms with Crippen LogP contribution in [0.2, 0.25) is 10.5 Å². The molecule has 0 spiro atoms. The van der Waals surface area contributed by atoms with Crippen LogP contribution in [0.4, 0.5) is 0 Å². The van der Waals surface area contributed by atoms with Gasteiger partial charge in [0.25, 0.3) is 0 Å². The van der Waals surface area contributed by atoms with Gasteiger partial charge in [-0.25, -0.2) is 0 Å². The largest absolute Gasteiger partial charge is 0.147 e. The molecule has 164 valence electrons. The minimum absolute atomic E-state index is 0. The van der Waals surface area contributed by atoms with Gasteiger partial charge in [0.1, 0.15) is 0 Å². The van der Waals surface area contributed by atoms with Crippen LogP contribution >= 0.6 is 37.2 Å². The van der Waals surface area contributed by atoms with Crippen LogP contribution in [-0.2, 0) is 28.7 Å². The van der Waals surface area contributed by atoms with E-state index in [1.165, 1.54) is 20.8 Å². The quantitative estimate of drug-likeness (QED) is 0.595. The van der Waals surface area contributed by atoms with Crippen molar-refractivity contribution in [2.75, 3.05) is 39.3 Å². The SMILES string of the molecule is C[C](=O)[Ti]([CH3])([CH3])([C](C)=O)([C](C)=O)[N]1CCCNCCCNCCC1.Cl.Cl.Cl. The Morgan fingerprint density at radius 1 is 0.667 bits per heavy atom. The van der Waals surface area contributed by atoms with Crippen molar-refractivity contribution in [2.24, 2.45) is 0 Å². The maximum Gasteiger partial charge on any atom is -0.147 e. The van der Waals surface area contributed by atoms with Crippen molar-refractivity contribution < 1.29 is 28.7 Å². The molecule has 0 aromatic heterocycles. The number of hydrogen-bond donors (Lipinski definition) is 2. The monoisotopic (exact) mass is 485 g/mol. The van der Waals surface area contributed by atoms with Crippen LogP contribution in [0, 0.1) is 0 Å². The molecule has 0 atom stereocenters. The Morgan fingerprint density at radius 3 is 1.26 bits per heavy atom. The summed E-state index contributed by atoms with van der Waals surface area (Å²) in [5.74, 6) is 0. The van der Waals surface area contributed by atoms with Crippen molar-refractivity contribution in [2.45, 2.75) is 50.5 Å². The van der Waals surface area contributed by atoms with Crippen LogP contribution in [0.5, 0.6) is 0 Å². The molecule has 1 aliphatic rings. The second-order valence-electron chi connectivity index (χ2n) is 8.37. The molecule has 2 N–H and O–H groups in total. The summed E-state index contributed by atoms with van der Waals surface area (Å²) < 4.78 is 1.35. The Bertz CT molecular complexity index is 487. The fraction of sp³-hybridized carbons (Fsp3) is 0.824. The summed E-state index contributed by atoms with van der Waals surface area (Å²) in [6.45, 7) is 9.10. The number of rotatable bonds is 4. The molecule has 1 heterocycles. The first-order chi connectivity index (χ1) is 11.0. The van der Waals surface area contributed by atoms with Gasteiger partial charge < -0.3 is 0 Å². The number of carbonyl (C=O) groups excluding carboxylic acids is 3. The number of hydrogen-bond acceptors (Lipinski definition) is 6. The van der Waals surface area contributed by atoms with Crippen LogP contribution in [0.1, 0.15) is 40.0 Å². The fourth-order valence-electron chi connectivity index (χ4n) is 3.68. The normalized spacial score (nSPS) is 19.9. The van der Waals surface area contributed by atoms with Crippen molar-refractivity contribution in [3.8, 4) is 0 Å². The van der Waals surface area contributed by atoms with Gasteiger partial charge in [0.05, 0.1) is 0 Å². The van der Waals surface area contributed by atoms with E-state index >= 15 is 0 Å². The zero-order valence-electron chi connectivity index (χ0n) is 17.3. The van der Waals surface area contributed by atoms with Gasteiger partial charge in [-0.1, -0.05) is 0 Å². The molecule has 1 saturated heterocycles. The smallest absolute Gasteiger partial charge is 0.147 e. The molecule has 1 aliphatic heterocycles. The Balaban J connectivity index is -0.00000192. The van der Waals surface area contributed by atoms with Gasteiger partial charge >= 0.3 is 145 Å². The van der Waals surface area contributed by atoms with E-state index in [2.05, 4.69) is 10.6 Å². The second-order valence-corrected chi connectivity index (χ2v) is 22.5. The molecule has 0 unspecified atom stereocenters. The third-order valence-electron chi connectivity index (χ3n) is 7.02. The van der Waals surface area contributed by atoms with Gasteiger partial charge in [-0.05, 0) is 0 Å². The molecule has 1 fully saturated rings. The first-order valence-electron chi connectivity index (χ1n) is 9.13. The van der Waals surface area contributed by atoms with Crippen molar-refractivity contribution in [1.29, 1.82) is 0 Å². The van der Waals surface area contributed by atoms with Gasteiger partial charge in [0.2, 0.25) is 0 Å². The van der Waals surface area contributed by atoms with Gasteiger partial charge in [0.15, 0.2) is 0 Å². The summed E-state index contributed by atoms with van der Waals surface area (Å²) >= 11 is -5.38. The van der Waals surface area contributed by atoms with Crippen LogP contribution in [0.15, 0.2) is 0 Å². The maximum absolute atomic E-state index is 12.9. The van der Waals surface area contributed by atoms with Crippen LogP contribution in [-0.4, -0.2) is 54.9 Å². The average molecular weight is 487 g/mol. The Kier molecular flexibility index (Phi) is 13.8. The van der Waals surface area contributed by atoms with E-state index in [1.807, 2.05) is 3.38 Å². The fourth-order valence-corrected chi connectivity index (χ4v) is 11.0. The molecule has 27 heavy (non-hydrogen) atoms. The molecule has 0 aromatic carbocycles. The molecule has 1 rings (SSSR count). The third kappa shape index (κ3) is 5.34. The van der Waals surface area contributed by atoms with Crippen molar-refractivity contribution in [3.05, 3.63) is 0 Å². The predicted octanol–water partition coefficient (Wildman–Crippen LogP) is 2.79. The number of carbonyl (C=O) groups is 3. The molecular formula is C17H38Cl3N3O3Ti. The average Bonchev–Trinajstić information content (AvgIpc) is 2.47. The summed E-state index contributed by atoms with van der Waals surface area (Å²) in [6, 6.07) is 0. The van der Waals surface area contributed by atoms with Crippen molar-refractivity contribution in [1.82, 2.24) is 14.0 Å². The zero-order valence-corrected chi connectivity index (χ0v) is 21.3. The van der Waals surface area contributed by atoms with Gasteiger partial charge in [-0.15, -0.1) is 37.2 Å². The van der Waals surface area contributed by atoms with Crippen LogP contribution < -0.4 is 10.6 Å². The van der Waals surface area contributed by atoms with Gasteiger partial charge in [0, 0.05) is 0 Å². The van der Waals surface area contributed by atoms with Crippen molar-refractivity contribution >= 4 is 49.5 Å². The van der Waals surface area contributed by atoms with Gasteiger partial charge in [-0.2, -0.15) is 0 Å². The van der Waals surface area contributed by atoms with Gasteiger partial charge in [-0.3, -0.25) is 0 Å². The predicted molar refractivity (Wildman–Crippen MR) is 117 cm³/mol. The summed E-state index contributed by atoms with van der Waals surface area (Å²) in [6.07, 6.45) is 2.74. The maximum atomic E-state index is 12.9. The summed E-state index contributed by atoms with van der Waals surface area (Å²) in [4.78, 5) is 38.8. The molecule has 0 radical (unpaired) electrons. The number of nitrogens with zero attached hydrogens (tertiary/aromatic N) is 1. The van der Waals surface area contributed by atoms with E-state index < -0.39 is 14.3 Å². The molecule has 0 aliphatic carbocycles. The minimum atomic E-state index is -5.38. The third-order valence-corrected chi connectivity index (χ3v) is 22.5. The number of nitrogens with one attached hydrogen (secondary N) is 2. The summed E-state index contributed by atoms with van der Waals surface area (Å²) in [5, 5.41) is 10.2. The van der Waals surface area contributed by atoms with Crippen LogP contribution in [0.3, 0.4) is 0 Å². The zero-order chi connectivity index (χ0) is 18.5. The Labute approximate surface area is 181 Å². The molecule has 6 nitrogen and oxygen atoms in total. The molecule has 0 bridgehead atoms. The molecule has 0 aromatic rings. The van der Waals surface area contributed by atoms with E-state index in [4.69, 9.17) is 0 Å². The Hall–Kier alpha value is 0.474. The molecular weight excluding hydrogens is 448 g/mol. The molecule has 10 heteroatoms. The first kappa shape index (κ1) is 32.1.